The average molecular weight is 569 g/mol. The van der Waals surface area contributed by atoms with Crippen LogP contribution in [0.25, 0.3) is 21.5 Å². The van der Waals surface area contributed by atoms with Crippen LogP contribution in [0.2, 0.25) is 0 Å². The Morgan fingerprint density at radius 1 is 0.295 bits per heavy atom. The van der Waals surface area contributed by atoms with Gasteiger partial charge < -0.3 is 9.80 Å². The van der Waals surface area contributed by atoms with Crippen molar-refractivity contribution in [2.75, 3.05) is 9.80 Å². The lowest BCUT2D eigenvalue weighted by atomic mass is 9.95. The molecule has 7 aromatic rings. The second-order valence-corrected chi connectivity index (χ2v) is 11.8. The first-order chi connectivity index (χ1) is 21.5. The van der Waals surface area contributed by atoms with Gasteiger partial charge in [-0.05, 0) is 98.5 Å². The third-order valence-corrected chi connectivity index (χ3v) is 8.36. The Kier molecular flexibility index (Phi) is 7.12. The first kappa shape index (κ1) is 27.5. The number of anilines is 6. The van der Waals surface area contributed by atoms with Crippen LogP contribution in [0, 0.1) is 27.7 Å². The first-order valence-corrected chi connectivity index (χ1v) is 15.3. The van der Waals surface area contributed by atoms with E-state index in [1.807, 2.05) is 0 Å². The Hall–Kier alpha value is -5.34. The molecule has 2 nitrogen and oxygen atoms in total. The maximum absolute atomic E-state index is 2.44. The van der Waals surface area contributed by atoms with E-state index in [9.17, 15) is 0 Å². The van der Waals surface area contributed by atoms with Crippen molar-refractivity contribution in [2.45, 2.75) is 27.7 Å². The topological polar surface area (TPSA) is 6.48 Å². The summed E-state index contributed by atoms with van der Waals surface area (Å²) >= 11 is 0. The fourth-order valence-electron chi connectivity index (χ4n) is 6.45. The van der Waals surface area contributed by atoms with Gasteiger partial charge in [-0.15, -0.1) is 0 Å². The van der Waals surface area contributed by atoms with E-state index in [0.717, 1.165) is 22.7 Å². The van der Waals surface area contributed by atoms with Crippen LogP contribution in [-0.4, -0.2) is 0 Å². The van der Waals surface area contributed by atoms with Gasteiger partial charge in [-0.25, -0.2) is 0 Å². The second-order valence-electron chi connectivity index (χ2n) is 11.8. The van der Waals surface area contributed by atoms with E-state index >= 15 is 0 Å². The highest BCUT2D eigenvalue weighted by Gasteiger charge is 2.25. The highest BCUT2D eigenvalue weighted by Crippen LogP contribution is 2.51. The zero-order valence-corrected chi connectivity index (χ0v) is 25.8. The molecule has 0 fully saturated rings. The van der Waals surface area contributed by atoms with Crippen molar-refractivity contribution in [2.24, 2.45) is 0 Å². The molecule has 0 unspecified atom stereocenters. The molecular weight excluding hydrogens is 532 g/mol. The molecule has 0 aliphatic rings. The van der Waals surface area contributed by atoms with Gasteiger partial charge in [0.15, 0.2) is 0 Å². The van der Waals surface area contributed by atoms with Crippen LogP contribution in [-0.2, 0) is 0 Å². The molecule has 0 saturated carbocycles. The Morgan fingerprint density at radius 3 is 0.773 bits per heavy atom. The molecule has 7 rings (SSSR count). The van der Waals surface area contributed by atoms with Gasteiger partial charge in [-0.3, -0.25) is 0 Å². The molecule has 0 saturated heterocycles. The Morgan fingerprint density at radius 2 is 0.545 bits per heavy atom. The van der Waals surface area contributed by atoms with Gasteiger partial charge in [-0.2, -0.15) is 0 Å². The van der Waals surface area contributed by atoms with Crippen LogP contribution < -0.4 is 9.80 Å². The summed E-state index contributed by atoms with van der Waals surface area (Å²) in [6, 6.07) is 53.1. The first-order valence-electron chi connectivity index (χ1n) is 15.3. The molecule has 0 aliphatic carbocycles. The van der Waals surface area contributed by atoms with Gasteiger partial charge in [-0.1, -0.05) is 97.1 Å². The summed E-state index contributed by atoms with van der Waals surface area (Å²) in [5.41, 5.74) is 11.9. The molecule has 0 heterocycles. The second kappa shape index (κ2) is 11.4. The van der Waals surface area contributed by atoms with Crippen LogP contribution in [0.1, 0.15) is 22.3 Å². The molecule has 0 radical (unpaired) electrons. The Labute approximate surface area is 260 Å². The predicted octanol–water partition coefficient (Wildman–Crippen LogP) is 12.2. The molecule has 0 spiro atoms. The molecule has 0 N–H and O–H groups in total. The summed E-state index contributed by atoms with van der Waals surface area (Å²) in [7, 11) is 0. The van der Waals surface area contributed by atoms with Crippen molar-refractivity contribution >= 4 is 55.7 Å². The fraction of sp³-hybridized carbons (Fsp3) is 0.0952. The van der Waals surface area contributed by atoms with Gasteiger partial charge in [0, 0.05) is 44.3 Å². The lowest BCUT2D eigenvalue weighted by molar-refractivity contribution is 1.27. The highest BCUT2D eigenvalue weighted by molar-refractivity contribution is 6.23. The van der Waals surface area contributed by atoms with E-state index in [2.05, 4.69) is 183 Å². The molecule has 44 heavy (non-hydrogen) atoms. The summed E-state index contributed by atoms with van der Waals surface area (Å²) in [6.07, 6.45) is 0. The van der Waals surface area contributed by atoms with Crippen molar-refractivity contribution in [1.29, 1.82) is 0 Å². The minimum atomic E-state index is 1.15. The molecular formula is C42H36N2. The largest absolute Gasteiger partial charge is 0.309 e. The molecule has 7 aromatic carbocycles. The van der Waals surface area contributed by atoms with Gasteiger partial charge in [0.25, 0.3) is 0 Å². The standard InChI is InChI=1S/C42H36N2/c1-29-13-9-17-33(25-29)43(34-18-10-14-30(2)26-34)41-37-21-5-7-23-39(37)42(40-24-8-6-22-38(40)41)44(35-19-11-15-31(3)27-35)36-20-12-16-32(4)28-36/h5-28H,1-4H3. The number of benzene rings is 7. The van der Waals surface area contributed by atoms with Crippen molar-refractivity contribution in [3.63, 3.8) is 0 Å². The number of rotatable bonds is 6. The molecule has 0 aromatic heterocycles. The normalized spacial score (nSPS) is 11.2. The average Bonchev–Trinajstić information content (AvgIpc) is 3.02. The quantitative estimate of drug-likeness (QED) is 0.145. The number of fused-ring (bicyclic) bond motifs is 2. The Balaban J connectivity index is 1.63. The lowest BCUT2D eigenvalue weighted by Crippen LogP contribution is -2.15. The molecule has 214 valence electrons. The van der Waals surface area contributed by atoms with Crippen molar-refractivity contribution < 1.29 is 0 Å². The maximum Gasteiger partial charge on any atom is 0.0619 e. The Bertz CT molecular complexity index is 1840. The predicted molar refractivity (Wildman–Crippen MR) is 190 cm³/mol. The van der Waals surface area contributed by atoms with Crippen LogP contribution in [0.15, 0.2) is 146 Å². The van der Waals surface area contributed by atoms with Crippen molar-refractivity contribution in [3.8, 4) is 0 Å². The van der Waals surface area contributed by atoms with E-state index in [1.54, 1.807) is 0 Å². The number of nitrogens with zero attached hydrogens (tertiary/aromatic N) is 2. The summed E-state index contributed by atoms with van der Waals surface area (Å²) in [5.74, 6) is 0. The van der Waals surface area contributed by atoms with Gasteiger partial charge in [0.05, 0.1) is 11.4 Å². The highest BCUT2D eigenvalue weighted by atomic mass is 15.2. The smallest absolute Gasteiger partial charge is 0.0619 e. The van der Waals surface area contributed by atoms with Gasteiger partial charge in [0.2, 0.25) is 0 Å². The van der Waals surface area contributed by atoms with Crippen LogP contribution in [0.5, 0.6) is 0 Å². The van der Waals surface area contributed by atoms with Crippen molar-refractivity contribution in [3.05, 3.63) is 168 Å². The fourth-order valence-corrected chi connectivity index (χ4v) is 6.45. The third kappa shape index (κ3) is 4.99. The van der Waals surface area contributed by atoms with E-state index in [0.29, 0.717) is 0 Å². The molecule has 0 aliphatic heterocycles. The van der Waals surface area contributed by atoms with E-state index in [1.165, 1.54) is 55.2 Å². The summed E-state index contributed by atoms with van der Waals surface area (Å²) < 4.78 is 0. The third-order valence-electron chi connectivity index (χ3n) is 8.36. The lowest BCUT2D eigenvalue weighted by Gasteiger charge is -2.33. The van der Waals surface area contributed by atoms with Crippen LogP contribution >= 0.6 is 0 Å². The zero-order chi connectivity index (χ0) is 30.2. The maximum atomic E-state index is 2.44. The number of hydrogen-bond acceptors (Lipinski definition) is 2. The SMILES string of the molecule is Cc1cccc(N(c2cccc(C)c2)c2c3ccccc3c(N(c3cccc(C)c3)c3cccc(C)c3)c3ccccc23)c1. The van der Waals surface area contributed by atoms with Crippen molar-refractivity contribution in [1.82, 2.24) is 0 Å². The van der Waals surface area contributed by atoms with E-state index in [-0.39, 0.29) is 0 Å². The monoisotopic (exact) mass is 568 g/mol. The summed E-state index contributed by atoms with van der Waals surface area (Å²) in [4.78, 5) is 4.89. The minimum Gasteiger partial charge on any atom is -0.309 e. The van der Waals surface area contributed by atoms with E-state index in [4.69, 9.17) is 0 Å². The molecule has 0 bridgehead atoms. The molecule has 2 heteroatoms. The summed E-state index contributed by atoms with van der Waals surface area (Å²) in [5, 5.41) is 4.81. The van der Waals surface area contributed by atoms with Crippen LogP contribution in [0.4, 0.5) is 34.1 Å². The minimum absolute atomic E-state index is 1.15. The molecule has 0 amide bonds. The zero-order valence-electron chi connectivity index (χ0n) is 25.8. The summed E-state index contributed by atoms with van der Waals surface area (Å²) in [6.45, 7) is 8.66. The van der Waals surface area contributed by atoms with E-state index < -0.39 is 0 Å². The molecule has 0 atom stereocenters. The van der Waals surface area contributed by atoms with Gasteiger partial charge in [0.1, 0.15) is 0 Å². The van der Waals surface area contributed by atoms with Gasteiger partial charge >= 0.3 is 0 Å². The number of hydrogen-bond donors (Lipinski definition) is 0. The number of aryl methyl sites for hydroxylation is 4. The van der Waals surface area contributed by atoms with Crippen LogP contribution in [0.3, 0.4) is 0 Å².